The monoisotopic (exact) mass is 379 g/mol. The predicted octanol–water partition coefficient (Wildman–Crippen LogP) is 2.68. The minimum absolute atomic E-state index is 0.112. The smallest absolute Gasteiger partial charge is 0.259 e. The van der Waals surface area contributed by atoms with E-state index < -0.39 is 15.6 Å². The van der Waals surface area contributed by atoms with Gasteiger partial charge in [-0.2, -0.15) is 0 Å². The molecule has 0 unspecified atom stereocenters. The number of benzene rings is 1. The molecule has 1 amide bonds. The number of nitrogens with zero attached hydrogens (tertiary/aromatic N) is 2. The van der Waals surface area contributed by atoms with Gasteiger partial charge in [0, 0.05) is 23.3 Å². The van der Waals surface area contributed by atoms with Gasteiger partial charge in [0.25, 0.3) is 5.91 Å². The number of anilines is 1. The Morgan fingerprint density at radius 2 is 1.96 bits per heavy atom. The van der Waals surface area contributed by atoms with E-state index in [1.165, 1.54) is 0 Å². The Bertz CT molecular complexity index is 957. The van der Waals surface area contributed by atoms with Crippen LogP contribution in [0.2, 0.25) is 5.02 Å². The summed E-state index contributed by atoms with van der Waals surface area (Å²) in [6.45, 7) is 3.99. The molecule has 132 valence electrons. The van der Waals surface area contributed by atoms with E-state index in [1.54, 1.807) is 41.6 Å². The number of hydrogen-bond acceptors (Lipinski definition) is 4. The lowest BCUT2D eigenvalue weighted by molar-refractivity contribution is 0.0982. The highest BCUT2D eigenvalue weighted by Crippen LogP contribution is 2.42. The summed E-state index contributed by atoms with van der Waals surface area (Å²) in [6, 6.07) is 6.99. The predicted molar refractivity (Wildman–Crippen MR) is 97.2 cm³/mol. The Kier molecular flexibility index (Phi) is 4.35. The van der Waals surface area contributed by atoms with Gasteiger partial charge < -0.3 is 0 Å². The van der Waals surface area contributed by atoms with Crippen LogP contribution in [0, 0.1) is 0 Å². The van der Waals surface area contributed by atoms with Gasteiger partial charge in [-0.15, -0.1) is 0 Å². The summed E-state index contributed by atoms with van der Waals surface area (Å²) in [6.07, 6.45) is 4.26. The van der Waals surface area contributed by atoms with Crippen molar-refractivity contribution in [1.82, 2.24) is 9.71 Å². The number of sulfonamides is 1. The molecule has 0 aliphatic carbocycles. The summed E-state index contributed by atoms with van der Waals surface area (Å²) in [5.74, 6) is -0.133. The first kappa shape index (κ1) is 17.8. The summed E-state index contributed by atoms with van der Waals surface area (Å²) in [7, 11) is -3.31. The average Bonchev–Trinajstić information content (AvgIpc) is 2.71. The molecule has 1 N–H and O–H groups in total. The van der Waals surface area contributed by atoms with Crippen LogP contribution in [0.3, 0.4) is 0 Å². The highest BCUT2D eigenvalue weighted by atomic mass is 35.5. The van der Waals surface area contributed by atoms with Gasteiger partial charge in [0.15, 0.2) is 0 Å². The number of pyridine rings is 1. The van der Waals surface area contributed by atoms with E-state index in [0.717, 1.165) is 11.8 Å². The molecule has 25 heavy (non-hydrogen) atoms. The van der Waals surface area contributed by atoms with Crippen molar-refractivity contribution in [1.29, 1.82) is 0 Å². The fraction of sp³-hybridized carbons (Fsp3) is 0.294. The lowest BCUT2D eigenvalue weighted by Crippen LogP contribution is -2.39. The quantitative estimate of drug-likeness (QED) is 0.885. The molecule has 0 atom stereocenters. The van der Waals surface area contributed by atoms with Crippen molar-refractivity contribution < 1.29 is 13.2 Å². The lowest BCUT2D eigenvalue weighted by Gasteiger charge is -2.32. The molecular weight excluding hydrogens is 362 g/mol. The van der Waals surface area contributed by atoms with Crippen LogP contribution < -0.4 is 9.62 Å². The highest BCUT2D eigenvalue weighted by Gasteiger charge is 2.44. The average molecular weight is 380 g/mol. The zero-order valence-corrected chi connectivity index (χ0v) is 15.6. The number of carbonyl (C=O) groups is 1. The number of fused-ring (bicyclic) bond motifs is 1. The maximum atomic E-state index is 12.9. The van der Waals surface area contributed by atoms with Gasteiger partial charge in [0.05, 0.1) is 23.7 Å². The third kappa shape index (κ3) is 3.40. The number of halogens is 1. The van der Waals surface area contributed by atoms with Crippen molar-refractivity contribution in [3.05, 3.63) is 58.4 Å². The molecule has 3 rings (SSSR count). The fourth-order valence-corrected chi connectivity index (χ4v) is 3.65. The second-order valence-corrected chi connectivity index (χ2v) is 8.80. The molecule has 2 aromatic rings. The van der Waals surface area contributed by atoms with Crippen LogP contribution in [0.4, 0.5) is 5.69 Å². The van der Waals surface area contributed by atoms with Crippen molar-refractivity contribution >= 4 is 33.2 Å². The van der Waals surface area contributed by atoms with Crippen molar-refractivity contribution in [2.45, 2.75) is 25.9 Å². The maximum Gasteiger partial charge on any atom is 0.259 e. The molecule has 2 heterocycles. The first-order valence-electron chi connectivity index (χ1n) is 7.63. The van der Waals surface area contributed by atoms with E-state index in [0.29, 0.717) is 21.8 Å². The second-order valence-electron chi connectivity index (χ2n) is 6.53. The molecule has 6 nitrogen and oxygen atoms in total. The van der Waals surface area contributed by atoms with Gasteiger partial charge in [-0.1, -0.05) is 11.6 Å². The van der Waals surface area contributed by atoms with Crippen molar-refractivity contribution in [3.8, 4) is 0 Å². The molecule has 1 aliphatic heterocycles. The van der Waals surface area contributed by atoms with Crippen molar-refractivity contribution in [2.75, 3.05) is 11.2 Å². The zero-order valence-electron chi connectivity index (χ0n) is 14.1. The summed E-state index contributed by atoms with van der Waals surface area (Å²) >= 11 is 6.09. The number of amides is 1. The lowest BCUT2D eigenvalue weighted by atomic mass is 9.93. The topological polar surface area (TPSA) is 79.4 Å². The molecule has 1 aromatic carbocycles. The third-order valence-corrected chi connectivity index (χ3v) is 5.11. The minimum Gasteiger partial charge on any atom is -0.297 e. The van der Waals surface area contributed by atoms with Crippen molar-refractivity contribution in [3.63, 3.8) is 0 Å². The van der Waals surface area contributed by atoms with Crippen molar-refractivity contribution in [2.24, 2.45) is 0 Å². The molecule has 0 spiro atoms. The molecule has 0 radical (unpaired) electrons. The molecular formula is C17H18ClN3O3S. The summed E-state index contributed by atoms with van der Waals surface area (Å²) in [4.78, 5) is 18.7. The summed E-state index contributed by atoms with van der Waals surface area (Å²) in [5.41, 5.74) is 2.14. The normalized spacial score (nSPS) is 16.2. The Labute approximate surface area is 151 Å². The number of hydrogen-bond donors (Lipinski definition) is 1. The van der Waals surface area contributed by atoms with Crippen LogP contribution in [0.25, 0.3) is 0 Å². The van der Waals surface area contributed by atoms with E-state index in [1.807, 2.05) is 13.8 Å². The molecule has 1 aromatic heterocycles. The SMILES string of the molecule is CC1(C)c2cc(Cl)ccc2C(=O)N1c1cncc(CNS(C)(=O)=O)c1. The van der Waals surface area contributed by atoms with E-state index in [4.69, 9.17) is 11.6 Å². The van der Waals surface area contributed by atoms with Crippen LogP contribution in [-0.2, 0) is 22.1 Å². The van der Waals surface area contributed by atoms with Crippen LogP contribution in [0.5, 0.6) is 0 Å². The first-order chi connectivity index (χ1) is 11.6. The molecule has 0 saturated carbocycles. The fourth-order valence-electron chi connectivity index (χ4n) is 3.05. The third-order valence-electron chi connectivity index (χ3n) is 4.21. The van der Waals surface area contributed by atoms with Gasteiger partial charge >= 0.3 is 0 Å². The van der Waals surface area contributed by atoms with Gasteiger partial charge in [0.1, 0.15) is 0 Å². The van der Waals surface area contributed by atoms with Crippen LogP contribution in [-0.4, -0.2) is 25.6 Å². The van der Waals surface area contributed by atoms with E-state index in [-0.39, 0.29) is 12.5 Å². The standard InChI is InChI=1S/C17H18ClN3O3S/c1-17(2)15-7-12(18)4-5-14(15)16(22)21(17)13-6-11(8-19-10-13)9-20-25(3,23)24/h4-8,10,20H,9H2,1-3H3. The van der Waals surface area contributed by atoms with Gasteiger partial charge in [-0.25, -0.2) is 13.1 Å². The Hall–Kier alpha value is -1.96. The van der Waals surface area contributed by atoms with Crippen LogP contribution >= 0.6 is 11.6 Å². The number of aromatic nitrogens is 1. The zero-order chi connectivity index (χ0) is 18.4. The highest BCUT2D eigenvalue weighted by molar-refractivity contribution is 7.88. The number of rotatable bonds is 4. The minimum atomic E-state index is -3.31. The second kappa shape index (κ2) is 6.09. The largest absolute Gasteiger partial charge is 0.297 e. The Morgan fingerprint density at radius 3 is 2.64 bits per heavy atom. The van der Waals surface area contributed by atoms with Crippen LogP contribution in [0.1, 0.15) is 35.3 Å². The van der Waals surface area contributed by atoms with E-state index in [2.05, 4.69) is 9.71 Å². The first-order valence-corrected chi connectivity index (χ1v) is 9.90. The molecule has 0 bridgehead atoms. The van der Waals surface area contributed by atoms with E-state index >= 15 is 0 Å². The summed E-state index contributed by atoms with van der Waals surface area (Å²) in [5, 5.41) is 0.575. The van der Waals surface area contributed by atoms with E-state index in [9.17, 15) is 13.2 Å². The van der Waals surface area contributed by atoms with Gasteiger partial charge in [0.2, 0.25) is 10.0 Å². The molecule has 0 saturated heterocycles. The maximum absolute atomic E-state index is 12.9. The van der Waals surface area contributed by atoms with Crippen LogP contribution in [0.15, 0.2) is 36.7 Å². The van der Waals surface area contributed by atoms with Gasteiger partial charge in [-0.3, -0.25) is 14.7 Å². The van der Waals surface area contributed by atoms with Gasteiger partial charge in [-0.05, 0) is 49.2 Å². The Balaban J connectivity index is 1.99. The molecule has 8 heteroatoms. The molecule has 0 fully saturated rings. The Morgan fingerprint density at radius 1 is 1.24 bits per heavy atom. The number of carbonyl (C=O) groups excluding carboxylic acids is 1. The molecule has 1 aliphatic rings. The summed E-state index contributed by atoms with van der Waals surface area (Å²) < 4.78 is 25.0. The number of nitrogens with one attached hydrogen (secondary N) is 1.